The van der Waals surface area contributed by atoms with Gasteiger partial charge in [0, 0.05) is 6.54 Å². The summed E-state index contributed by atoms with van der Waals surface area (Å²) in [5, 5.41) is 8.97. The van der Waals surface area contributed by atoms with Gasteiger partial charge >= 0.3 is 10.3 Å². The number of aliphatic hydroxyl groups excluding tert-OH is 1. The molecule has 0 aliphatic heterocycles. The third-order valence-corrected chi connectivity index (χ3v) is 1.65. The lowest BCUT2D eigenvalue weighted by Gasteiger charge is -2.07. The van der Waals surface area contributed by atoms with Gasteiger partial charge in [0.25, 0.3) is 0 Å². The molecular formula is C5H13NO4S. The van der Waals surface area contributed by atoms with E-state index in [9.17, 15) is 8.42 Å². The Morgan fingerprint density at radius 2 is 2.09 bits per heavy atom. The molecule has 0 aromatic carbocycles. The highest BCUT2D eigenvalue weighted by molar-refractivity contribution is 7.83. The van der Waals surface area contributed by atoms with Crippen LogP contribution in [0, 0.1) is 0 Å². The van der Waals surface area contributed by atoms with Gasteiger partial charge in [0.15, 0.2) is 0 Å². The normalized spacial score (nSPS) is 14.8. The summed E-state index contributed by atoms with van der Waals surface area (Å²) in [6.07, 6.45) is 0.568. The van der Waals surface area contributed by atoms with Crippen molar-refractivity contribution in [3.8, 4) is 0 Å². The van der Waals surface area contributed by atoms with Crippen LogP contribution >= 0.6 is 0 Å². The molecule has 0 heterocycles. The van der Waals surface area contributed by atoms with Gasteiger partial charge in [-0.15, -0.1) is 0 Å². The van der Waals surface area contributed by atoms with E-state index in [1.165, 1.54) is 0 Å². The Hall–Kier alpha value is -0.170. The molecule has 0 bridgehead atoms. The Balaban J connectivity index is 3.54. The third-order valence-electron chi connectivity index (χ3n) is 1.12. The van der Waals surface area contributed by atoms with Crippen LogP contribution in [0.2, 0.25) is 0 Å². The summed E-state index contributed by atoms with van der Waals surface area (Å²) in [5.41, 5.74) is 0. The minimum Gasteiger partial charge on any atom is -0.392 e. The maximum Gasteiger partial charge on any atom is 0.333 e. The summed E-state index contributed by atoms with van der Waals surface area (Å²) < 4.78 is 30.1. The average Bonchev–Trinajstić information content (AvgIpc) is 1.83. The van der Waals surface area contributed by atoms with Crippen molar-refractivity contribution < 1.29 is 18.1 Å². The van der Waals surface area contributed by atoms with Gasteiger partial charge in [0.1, 0.15) is 0 Å². The molecule has 0 aromatic rings. The van der Waals surface area contributed by atoms with E-state index in [-0.39, 0.29) is 6.54 Å². The second-order valence-corrected chi connectivity index (χ2v) is 3.50. The zero-order valence-corrected chi connectivity index (χ0v) is 7.13. The molecule has 1 atom stereocenters. The Labute approximate surface area is 66.3 Å². The molecule has 0 fully saturated rings. The molecule has 0 aromatic heterocycles. The first kappa shape index (κ1) is 10.8. The van der Waals surface area contributed by atoms with E-state index < -0.39 is 16.4 Å². The maximum atomic E-state index is 10.1. The van der Waals surface area contributed by atoms with Gasteiger partial charge in [0.05, 0.1) is 6.10 Å². The quantitative estimate of drug-likeness (QED) is 0.503. The van der Waals surface area contributed by atoms with Crippen molar-refractivity contribution in [3.05, 3.63) is 0 Å². The van der Waals surface area contributed by atoms with E-state index in [0.717, 1.165) is 6.42 Å². The first-order valence-electron chi connectivity index (χ1n) is 3.36. The lowest BCUT2D eigenvalue weighted by atomic mass is 10.2. The number of hydrogen-bond acceptors (Lipinski definition) is 3. The minimum absolute atomic E-state index is 0.132. The zero-order chi connectivity index (χ0) is 8.91. The average molecular weight is 183 g/mol. The Bertz CT molecular complexity index is 189. The predicted octanol–water partition coefficient (Wildman–Crippen LogP) is -0.460. The van der Waals surface area contributed by atoms with Gasteiger partial charge in [-0.05, 0) is 6.42 Å². The Morgan fingerprint density at radius 3 is 2.45 bits per heavy atom. The molecule has 11 heavy (non-hydrogen) atoms. The molecule has 6 heteroatoms. The van der Waals surface area contributed by atoms with E-state index in [1.807, 2.05) is 6.92 Å². The van der Waals surface area contributed by atoms with Gasteiger partial charge in [0.2, 0.25) is 0 Å². The highest BCUT2D eigenvalue weighted by Crippen LogP contribution is 1.93. The largest absolute Gasteiger partial charge is 0.392 e. The summed E-state index contributed by atoms with van der Waals surface area (Å²) in [5.74, 6) is 0. The number of aliphatic hydroxyl groups is 1. The molecule has 0 spiro atoms. The summed E-state index contributed by atoms with van der Waals surface area (Å²) in [6, 6.07) is 0. The lowest BCUT2D eigenvalue weighted by molar-refractivity contribution is 0.166. The minimum atomic E-state index is -4.15. The molecule has 1 unspecified atom stereocenters. The van der Waals surface area contributed by atoms with Crippen LogP contribution in [-0.2, 0) is 10.3 Å². The van der Waals surface area contributed by atoms with Crippen molar-refractivity contribution >= 4 is 10.3 Å². The van der Waals surface area contributed by atoms with Crippen LogP contribution in [-0.4, -0.2) is 30.7 Å². The summed E-state index contributed by atoms with van der Waals surface area (Å²) in [6.45, 7) is 1.74. The lowest BCUT2D eigenvalue weighted by Crippen LogP contribution is -2.31. The topological polar surface area (TPSA) is 86.6 Å². The maximum absolute atomic E-state index is 10.1. The zero-order valence-electron chi connectivity index (χ0n) is 6.32. The highest BCUT2D eigenvalue weighted by Gasteiger charge is 2.07. The second kappa shape index (κ2) is 4.66. The molecule has 5 nitrogen and oxygen atoms in total. The van der Waals surface area contributed by atoms with Crippen LogP contribution in [0.4, 0.5) is 0 Å². The highest BCUT2D eigenvalue weighted by atomic mass is 32.2. The number of rotatable bonds is 5. The fourth-order valence-electron chi connectivity index (χ4n) is 0.637. The van der Waals surface area contributed by atoms with Crippen LogP contribution in [0.5, 0.6) is 0 Å². The number of nitrogens with one attached hydrogen (secondary N) is 1. The molecule has 3 N–H and O–H groups in total. The summed E-state index contributed by atoms with van der Waals surface area (Å²) in [4.78, 5) is 0. The third kappa shape index (κ3) is 7.73. The van der Waals surface area contributed by atoms with Crippen LogP contribution < -0.4 is 4.72 Å². The van der Waals surface area contributed by atoms with E-state index >= 15 is 0 Å². The van der Waals surface area contributed by atoms with Gasteiger partial charge in [-0.25, -0.2) is 0 Å². The molecule has 0 radical (unpaired) electrons. The van der Waals surface area contributed by atoms with Crippen molar-refractivity contribution in [2.24, 2.45) is 0 Å². The second-order valence-electron chi connectivity index (χ2n) is 2.27. The SMILES string of the molecule is CCCC(O)CNS(=O)(=O)O. The molecule has 0 saturated heterocycles. The van der Waals surface area contributed by atoms with Crippen LogP contribution in [0.25, 0.3) is 0 Å². The van der Waals surface area contributed by atoms with Gasteiger partial charge in [-0.3, -0.25) is 4.55 Å². The van der Waals surface area contributed by atoms with Crippen molar-refractivity contribution in [3.63, 3.8) is 0 Å². The van der Waals surface area contributed by atoms with Crippen LogP contribution in [0.15, 0.2) is 0 Å². The van der Waals surface area contributed by atoms with Crippen molar-refractivity contribution in [2.45, 2.75) is 25.9 Å². The monoisotopic (exact) mass is 183 g/mol. The fraction of sp³-hybridized carbons (Fsp3) is 1.00. The molecule has 0 rings (SSSR count). The summed E-state index contributed by atoms with van der Waals surface area (Å²) in [7, 11) is -4.15. The predicted molar refractivity (Wildman–Crippen MR) is 40.5 cm³/mol. The number of hydrogen-bond donors (Lipinski definition) is 3. The molecule has 0 aliphatic rings. The van der Waals surface area contributed by atoms with Gasteiger partial charge < -0.3 is 5.11 Å². The Kier molecular flexibility index (Phi) is 4.58. The Morgan fingerprint density at radius 1 is 1.55 bits per heavy atom. The standard InChI is InChI=1S/C5H13NO4S/c1-2-3-5(7)4-6-11(8,9)10/h5-7H,2-4H2,1H3,(H,8,9,10). The van der Waals surface area contributed by atoms with Crippen LogP contribution in [0.1, 0.15) is 19.8 Å². The van der Waals surface area contributed by atoms with Crippen molar-refractivity contribution in [1.29, 1.82) is 0 Å². The van der Waals surface area contributed by atoms with E-state index in [0.29, 0.717) is 6.42 Å². The molecule has 0 aliphatic carbocycles. The molecule has 68 valence electrons. The summed E-state index contributed by atoms with van der Waals surface area (Å²) >= 11 is 0. The molecule has 0 amide bonds. The first-order valence-corrected chi connectivity index (χ1v) is 4.80. The van der Waals surface area contributed by atoms with Gasteiger partial charge in [-0.1, -0.05) is 13.3 Å². The first-order chi connectivity index (χ1) is 4.95. The molecule has 0 saturated carbocycles. The van der Waals surface area contributed by atoms with Crippen LogP contribution in [0.3, 0.4) is 0 Å². The fourth-order valence-corrected chi connectivity index (χ4v) is 1.04. The van der Waals surface area contributed by atoms with Gasteiger partial charge in [-0.2, -0.15) is 13.1 Å². The van der Waals surface area contributed by atoms with E-state index in [1.54, 1.807) is 4.72 Å². The molecular weight excluding hydrogens is 170 g/mol. The van der Waals surface area contributed by atoms with Crippen molar-refractivity contribution in [2.75, 3.05) is 6.54 Å². The van der Waals surface area contributed by atoms with Crippen molar-refractivity contribution in [1.82, 2.24) is 4.72 Å². The van der Waals surface area contributed by atoms with E-state index in [4.69, 9.17) is 9.66 Å². The smallest absolute Gasteiger partial charge is 0.333 e. The van der Waals surface area contributed by atoms with E-state index in [2.05, 4.69) is 0 Å².